The number of carbonyl (C=O) groups is 1. The minimum absolute atomic E-state index is 0.0257. The van der Waals surface area contributed by atoms with Gasteiger partial charge in [-0.3, -0.25) is 0 Å². The smallest absolute Gasteiger partial charge is 0.476 e. The number of halogens is 4. The van der Waals surface area contributed by atoms with Crippen LogP contribution in [0, 0.1) is 0 Å². The Bertz CT molecular complexity index is 675. The molecule has 1 aromatic carbocycles. The second-order valence-electron chi connectivity index (χ2n) is 3.65. The van der Waals surface area contributed by atoms with E-state index in [1.165, 1.54) is 17.6 Å². The number of alkyl halides is 3. The van der Waals surface area contributed by atoms with Crippen molar-refractivity contribution < 1.29 is 27.8 Å². The molecule has 0 bridgehead atoms. The van der Waals surface area contributed by atoms with Gasteiger partial charge in [0.15, 0.2) is 11.4 Å². The average molecular weight is 383 g/mol. The molecule has 0 aliphatic carbocycles. The van der Waals surface area contributed by atoms with Crippen molar-refractivity contribution >= 4 is 43.9 Å². The first-order chi connectivity index (χ1) is 9.76. The Hall–Kier alpha value is -1.81. The zero-order chi connectivity index (χ0) is 15.6. The summed E-state index contributed by atoms with van der Waals surface area (Å²) in [6.45, 7) is 0. The third-order valence-corrected chi connectivity index (χ3v) is 3.42. The number of nitrogens with zero attached hydrogens (tertiary/aromatic N) is 1. The Morgan fingerprint density at radius 3 is 2.76 bits per heavy atom. The first kappa shape index (κ1) is 15.6. The van der Waals surface area contributed by atoms with Crippen LogP contribution < -0.4 is 10.1 Å². The van der Waals surface area contributed by atoms with Gasteiger partial charge in [0, 0.05) is 4.47 Å². The fourth-order valence-electron chi connectivity index (χ4n) is 1.42. The lowest BCUT2D eigenvalue weighted by Crippen LogP contribution is -2.18. The summed E-state index contributed by atoms with van der Waals surface area (Å²) in [5.41, 5.74) is 0.970. The number of aromatic nitrogens is 1. The Kier molecular flexibility index (Phi) is 4.37. The summed E-state index contributed by atoms with van der Waals surface area (Å²) in [7, 11) is 0. The first-order valence-corrected chi connectivity index (χ1v) is 6.92. The molecule has 1 heterocycles. The van der Waals surface area contributed by atoms with Crippen molar-refractivity contribution in [1.82, 2.24) is 4.98 Å². The number of carboxylic acid groups (broad SMARTS) is 1. The van der Waals surface area contributed by atoms with Gasteiger partial charge in [-0.05, 0) is 18.2 Å². The van der Waals surface area contributed by atoms with Gasteiger partial charge in [-0.2, -0.15) is 0 Å². The summed E-state index contributed by atoms with van der Waals surface area (Å²) < 4.78 is 41.4. The molecule has 0 aliphatic rings. The topological polar surface area (TPSA) is 71.5 Å². The van der Waals surface area contributed by atoms with E-state index in [0.29, 0.717) is 4.47 Å². The maximum Gasteiger partial charge on any atom is 0.573 e. The quantitative estimate of drug-likeness (QED) is 0.826. The number of aromatic carboxylic acids is 1. The lowest BCUT2D eigenvalue weighted by Gasteiger charge is -2.14. The van der Waals surface area contributed by atoms with E-state index in [1.807, 2.05) is 0 Å². The van der Waals surface area contributed by atoms with Gasteiger partial charge in [-0.25, -0.2) is 9.78 Å². The fourth-order valence-corrected chi connectivity index (χ4v) is 2.44. The van der Waals surface area contributed by atoms with E-state index in [0.717, 1.165) is 17.4 Å². The molecule has 0 spiro atoms. The van der Waals surface area contributed by atoms with E-state index >= 15 is 0 Å². The van der Waals surface area contributed by atoms with Crippen LogP contribution in [0.1, 0.15) is 10.5 Å². The third-order valence-electron chi connectivity index (χ3n) is 2.19. The zero-order valence-electron chi connectivity index (χ0n) is 9.94. The summed E-state index contributed by atoms with van der Waals surface area (Å²) in [6.07, 6.45) is -4.86. The maximum atomic E-state index is 12.4. The van der Waals surface area contributed by atoms with Crippen LogP contribution in [0.5, 0.6) is 5.75 Å². The van der Waals surface area contributed by atoms with Crippen LogP contribution in [0.3, 0.4) is 0 Å². The van der Waals surface area contributed by atoms with Crippen molar-refractivity contribution in [3.63, 3.8) is 0 Å². The van der Waals surface area contributed by atoms with Gasteiger partial charge >= 0.3 is 12.3 Å². The zero-order valence-corrected chi connectivity index (χ0v) is 12.3. The molecule has 0 radical (unpaired) electrons. The average Bonchev–Trinajstić information content (AvgIpc) is 2.79. The van der Waals surface area contributed by atoms with Gasteiger partial charge in [-0.1, -0.05) is 15.9 Å². The van der Waals surface area contributed by atoms with Gasteiger partial charge in [0.1, 0.15) is 5.00 Å². The normalized spacial score (nSPS) is 11.2. The number of rotatable bonds is 4. The van der Waals surface area contributed by atoms with Crippen LogP contribution in [-0.4, -0.2) is 22.4 Å². The van der Waals surface area contributed by atoms with E-state index in [4.69, 9.17) is 5.11 Å². The molecular formula is C11H6BrF3N2O3S. The summed E-state index contributed by atoms with van der Waals surface area (Å²) in [5.74, 6) is -1.77. The molecule has 2 aromatic rings. The number of hydrogen-bond acceptors (Lipinski definition) is 5. The first-order valence-electron chi connectivity index (χ1n) is 5.25. The number of hydrogen-bond donors (Lipinski definition) is 2. The number of anilines is 2. The van der Waals surface area contributed by atoms with Crippen molar-refractivity contribution in [2.75, 3.05) is 5.32 Å². The largest absolute Gasteiger partial charge is 0.573 e. The summed E-state index contributed by atoms with van der Waals surface area (Å²) in [5, 5.41) is 11.6. The van der Waals surface area contributed by atoms with Crippen LogP contribution in [0.4, 0.5) is 23.9 Å². The van der Waals surface area contributed by atoms with Crippen LogP contribution >= 0.6 is 27.3 Å². The highest BCUT2D eigenvalue weighted by atomic mass is 79.9. The Balaban J connectivity index is 2.35. The predicted molar refractivity (Wildman–Crippen MR) is 73.2 cm³/mol. The van der Waals surface area contributed by atoms with Crippen molar-refractivity contribution in [1.29, 1.82) is 0 Å². The van der Waals surface area contributed by atoms with E-state index in [-0.39, 0.29) is 16.4 Å². The summed E-state index contributed by atoms with van der Waals surface area (Å²) >= 11 is 3.99. The molecule has 0 unspecified atom stereocenters. The second kappa shape index (κ2) is 5.90. The maximum absolute atomic E-state index is 12.4. The van der Waals surface area contributed by atoms with E-state index < -0.39 is 18.1 Å². The Labute approximate surface area is 128 Å². The van der Waals surface area contributed by atoms with Crippen molar-refractivity contribution in [2.24, 2.45) is 0 Å². The van der Waals surface area contributed by atoms with E-state index in [2.05, 4.69) is 31.0 Å². The van der Waals surface area contributed by atoms with Crippen LogP contribution in [-0.2, 0) is 0 Å². The highest BCUT2D eigenvalue weighted by Gasteiger charge is 2.32. The number of benzene rings is 1. The van der Waals surface area contributed by atoms with E-state index in [9.17, 15) is 18.0 Å². The molecule has 112 valence electrons. The molecule has 2 N–H and O–H groups in total. The fraction of sp³-hybridized carbons (Fsp3) is 0.0909. The van der Waals surface area contributed by atoms with Gasteiger partial charge in [-0.15, -0.1) is 24.5 Å². The molecule has 5 nitrogen and oxygen atoms in total. The Morgan fingerprint density at radius 2 is 2.14 bits per heavy atom. The molecule has 10 heteroatoms. The van der Waals surface area contributed by atoms with Gasteiger partial charge in [0.05, 0.1) is 11.2 Å². The summed E-state index contributed by atoms with van der Waals surface area (Å²) in [6, 6.07) is 3.95. The number of ether oxygens (including phenoxy) is 1. The molecule has 0 fully saturated rings. The van der Waals surface area contributed by atoms with Crippen LogP contribution in [0.25, 0.3) is 0 Å². The number of carboxylic acids is 1. The van der Waals surface area contributed by atoms with Gasteiger partial charge in [0.2, 0.25) is 0 Å². The summed E-state index contributed by atoms with van der Waals surface area (Å²) in [4.78, 5) is 14.5. The molecular weight excluding hydrogens is 377 g/mol. The van der Waals surface area contributed by atoms with Crippen LogP contribution in [0.15, 0.2) is 28.2 Å². The molecule has 0 saturated carbocycles. The lowest BCUT2D eigenvalue weighted by atomic mass is 10.3. The molecule has 0 aliphatic heterocycles. The third kappa shape index (κ3) is 4.08. The highest BCUT2D eigenvalue weighted by Crippen LogP contribution is 2.36. The Morgan fingerprint density at radius 1 is 1.43 bits per heavy atom. The SMILES string of the molecule is O=C(O)c1ncsc1Nc1ccc(Br)cc1OC(F)(F)F. The minimum Gasteiger partial charge on any atom is -0.476 e. The molecule has 21 heavy (non-hydrogen) atoms. The van der Waals surface area contributed by atoms with Crippen molar-refractivity contribution in [2.45, 2.75) is 6.36 Å². The molecule has 0 atom stereocenters. The monoisotopic (exact) mass is 382 g/mol. The van der Waals surface area contributed by atoms with Crippen molar-refractivity contribution in [3.8, 4) is 5.75 Å². The second-order valence-corrected chi connectivity index (χ2v) is 5.42. The highest BCUT2D eigenvalue weighted by molar-refractivity contribution is 9.10. The molecule has 0 saturated heterocycles. The van der Waals surface area contributed by atoms with E-state index in [1.54, 1.807) is 0 Å². The number of thiazole rings is 1. The predicted octanol–water partition coefficient (Wildman–Crippen LogP) is 4.25. The minimum atomic E-state index is -4.86. The van der Waals surface area contributed by atoms with Gasteiger partial charge in [0.25, 0.3) is 0 Å². The van der Waals surface area contributed by atoms with Crippen LogP contribution in [0.2, 0.25) is 0 Å². The molecule has 1 aromatic heterocycles. The van der Waals surface area contributed by atoms with Crippen molar-refractivity contribution in [3.05, 3.63) is 33.9 Å². The molecule has 2 rings (SSSR count). The standard InChI is InChI=1S/C11H6BrF3N2O3S/c12-5-1-2-6(7(3-5)20-11(13,14)15)17-9-8(10(18)19)16-4-21-9/h1-4,17H,(H,18,19). The van der Waals surface area contributed by atoms with Gasteiger partial charge < -0.3 is 15.2 Å². The molecule has 0 amide bonds. The number of nitrogens with one attached hydrogen (secondary N) is 1. The lowest BCUT2D eigenvalue weighted by molar-refractivity contribution is -0.274.